The molecular weight excluding hydrogens is 248 g/mol. The Morgan fingerprint density at radius 2 is 1.95 bits per heavy atom. The molecule has 1 aromatic carbocycles. The van der Waals surface area contributed by atoms with E-state index < -0.39 is 0 Å². The van der Waals surface area contributed by atoms with Gasteiger partial charge in [0.2, 0.25) is 0 Å². The van der Waals surface area contributed by atoms with Crippen LogP contribution in [-0.4, -0.2) is 19.7 Å². The smallest absolute Gasteiger partial charge is 0.144 e. The van der Waals surface area contributed by atoms with Crippen molar-refractivity contribution in [1.29, 1.82) is 0 Å². The number of nitrogen functional groups attached to an aromatic ring is 1. The molecule has 1 aliphatic carbocycles. The lowest BCUT2D eigenvalue weighted by Gasteiger charge is -2.35. The molecule has 0 atom stereocenters. The van der Waals surface area contributed by atoms with Gasteiger partial charge in [-0.05, 0) is 50.2 Å². The van der Waals surface area contributed by atoms with E-state index in [4.69, 9.17) is 10.5 Å². The molecule has 2 rings (SSSR count). The Morgan fingerprint density at radius 1 is 1.25 bits per heavy atom. The van der Waals surface area contributed by atoms with Crippen LogP contribution in [0.25, 0.3) is 0 Å². The molecule has 0 aromatic heterocycles. The summed E-state index contributed by atoms with van der Waals surface area (Å²) < 4.78 is 5.73. The monoisotopic (exact) mass is 276 g/mol. The molecule has 3 heteroatoms. The lowest BCUT2D eigenvalue weighted by atomic mass is 9.86. The van der Waals surface area contributed by atoms with Gasteiger partial charge in [0, 0.05) is 13.1 Å². The number of hydrogen-bond donors (Lipinski definition) is 1. The average Bonchev–Trinajstić information content (AvgIpc) is 2.46. The van der Waals surface area contributed by atoms with E-state index in [-0.39, 0.29) is 0 Å². The van der Waals surface area contributed by atoms with Crippen LogP contribution in [0.5, 0.6) is 5.75 Å². The fourth-order valence-corrected chi connectivity index (χ4v) is 3.00. The average molecular weight is 276 g/mol. The van der Waals surface area contributed by atoms with Crippen LogP contribution in [0.3, 0.4) is 0 Å². The molecule has 0 aliphatic heterocycles. The molecule has 0 radical (unpaired) electrons. The van der Waals surface area contributed by atoms with Gasteiger partial charge in [-0.15, -0.1) is 0 Å². The highest BCUT2D eigenvalue weighted by atomic mass is 16.5. The molecule has 1 aromatic rings. The zero-order valence-corrected chi connectivity index (χ0v) is 13.1. The van der Waals surface area contributed by atoms with Crippen molar-refractivity contribution in [2.24, 2.45) is 5.92 Å². The Labute approximate surface area is 123 Å². The highest BCUT2D eigenvalue weighted by Crippen LogP contribution is 2.36. The maximum atomic E-state index is 6.29. The highest BCUT2D eigenvalue weighted by Gasteiger charge is 2.23. The van der Waals surface area contributed by atoms with Crippen molar-refractivity contribution in [2.75, 3.05) is 24.3 Å². The summed E-state index contributed by atoms with van der Waals surface area (Å²) in [5, 5.41) is 0. The van der Waals surface area contributed by atoms with E-state index in [1.807, 2.05) is 12.1 Å². The molecule has 112 valence electrons. The Morgan fingerprint density at radius 3 is 2.60 bits per heavy atom. The van der Waals surface area contributed by atoms with E-state index in [0.717, 1.165) is 36.1 Å². The van der Waals surface area contributed by atoms with Crippen molar-refractivity contribution in [2.45, 2.75) is 52.0 Å². The van der Waals surface area contributed by atoms with Crippen molar-refractivity contribution in [3.05, 3.63) is 18.2 Å². The molecule has 2 N–H and O–H groups in total. The number of benzene rings is 1. The van der Waals surface area contributed by atoms with Gasteiger partial charge >= 0.3 is 0 Å². The zero-order chi connectivity index (χ0) is 14.5. The zero-order valence-electron chi connectivity index (χ0n) is 13.1. The lowest BCUT2D eigenvalue weighted by molar-refractivity contribution is 0.318. The molecule has 1 saturated carbocycles. The van der Waals surface area contributed by atoms with Crippen LogP contribution in [0.4, 0.5) is 11.4 Å². The minimum absolute atomic E-state index is 0.606. The van der Waals surface area contributed by atoms with Crippen LogP contribution in [0.2, 0.25) is 0 Å². The Hall–Kier alpha value is -1.38. The molecular formula is C17H28N2O. The number of hydrogen-bond acceptors (Lipinski definition) is 3. The molecule has 20 heavy (non-hydrogen) atoms. The molecule has 1 fully saturated rings. The van der Waals surface area contributed by atoms with Gasteiger partial charge in [-0.3, -0.25) is 0 Å². The normalized spacial score (nSPS) is 22.6. The van der Waals surface area contributed by atoms with Gasteiger partial charge in [0.25, 0.3) is 0 Å². The summed E-state index contributed by atoms with van der Waals surface area (Å²) in [6.07, 6.45) is 6.16. The predicted octanol–water partition coefficient (Wildman–Crippen LogP) is 4.07. The van der Waals surface area contributed by atoms with Crippen molar-refractivity contribution >= 4 is 11.4 Å². The van der Waals surface area contributed by atoms with Gasteiger partial charge in [0.15, 0.2) is 0 Å². The predicted molar refractivity (Wildman–Crippen MR) is 86.5 cm³/mol. The highest BCUT2D eigenvalue weighted by molar-refractivity contribution is 5.74. The van der Waals surface area contributed by atoms with E-state index in [0.29, 0.717) is 6.04 Å². The van der Waals surface area contributed by atoms with Gasteiger partial charge in [-0.2, -0.15) is 0 Å². The molecule has 0 saturated heterocycles. The summed E-state index contributed by atoms with van der Waals surface area (Å²) in [4.78, 5) is 2.35. The first-order valence-electron chi connectivity index (χ1n) is 7.87. The molecule has 0 bridgehead atoms. The largest absolute Gasteiger partial charge is 0.491 e. The first-order chi connectivity index (χ1) is 9.63. The summed E-state index contributed by atoms with van der Waals surface area (Å²) >= 11 is 0. The van der Waals surface area contributed by atoms with Crippen LogP contribution < -0.4 is 15.4 Å². The number of para-hydroxylation sites is 1. The number of ether oxygens (including phenoxy) is 1. The maximum Gasteiger partial charge on any atom is 0.144 e. The van der Waals surface area contributed by atoms with Gasteiger partial charge in [-0.25, -0.2) is 0 Å². The standard InChI is InChI=1S/C17H28N2O/c1-4-12-20-16-7-5-6-15(17(16)18)19(3)14-10-8-13(2)9-11-14/h5-7,13-14H,4,8-12,18H2,1-3H3. The first-order valence-corrected chi connectivity index (χ1v) is 7.87. The third kappa shape index (κ3) is 3.38. The summed E-state index contributed by atoms with van der Waals surface area (Å²) in [7, 11) is 2.16. The molecule has 0 amide bonds. The van der Waals surface area contributed by atoms with Crippen LogP contribution in [-0.2, 0) is 0 Å². The number of nitrogens with zero attached hydrogens (tertiary/aromatic N) is 1. The minimum Gasteiger partial charge on any atom is -0.491 e. The second-order valence-corrected chi connectivity index (χ2v) is 6.06. The summed E-state index contributed by atoms with van der Waals surface area (Å²) in [5.74, 6) is 1.69. The van der Waals surface area contributed by atoms with E-state index in [2.05, 4.69) is 31.9 Å². The van der Waals surface area contributed by atoms with Crippen molar-refractivity contribution in [3.63, 3.8) is 0 Å². The van der Waals surface area contributed by atoms with Crippen molar-refractivity contribution in [3.8, 4) is 5.75 Å². The van der Waals surface area contributed by atoms with Crippen molar-refractivity contribution < 1.29 is 4.74 Å². The third-order valence-electron chi connectivity index (χ3n) is 4.42. The second kappa shape index (κ2) is 6.87. The maximum absolute atomic E-state index is 6.29. The summed E-state index contributed by atoms with van der Waals surface area (Å²) in [6, 6.07) is 6.71. The van der Waals surface area contributed by atoms with Gasteiger partial charge in [-0.1, -0.05) is 19.9 Å². The van der Waals surface area contributed by atoms with Crippen LogP contribution >= 0.6 is 0 Å². The van der Waals surface area contributed by atoms with Crippen LogP contribution in [0, 0.1) is 5.92 Å². The molecule has 0 unspecified atom stereocenters. The Balaban J connectivity index is 2.11. The minimum atomic E-state index is 0.606. The van der Waals surface area contributed by atoms with Crippen LogP contribution in [0.15, 0.2) is 18.2 Å². The van der Waals surface area contributed by atoms with E-state index in [1.165, 1.54) is 25.7 Å². The molecule has 3 nitrogen and oxygen atoms in total. The second-order valence-electron chi connectivity index (χ2n) is 6.06. The molecule has 0 heterocycles. The van der Waals surface area contributed by atoms with Crippen LogP contribution in [0.1, 0.15) is 46.0 Å². The first kappa shape index (κ1) is 15.0. The van der Waals surface area contributed by atoms with E-state index >= 15 is 0 Å². The Kier molecular flexibility index (Phi) is 5.16. The fourth-order valence-electron chi connectivity index (χ4n) is 3.00. The number of anilines is 2. The summed E-state index contributed by atoms with van der Waals surface area (Å²) in [5.41, 5.74) is 8.18. The lowest BCUT2D eigenvalue weighted by Crippen LogP contribution is -2.35. The van der Waals surface area contributed by atoms with E-state index in [1.54, 1.807) is 0 Å². The molecule has 0 spiro atoms. The number of nitrogens with two attached hydrogens (primary N) is 1. The topological polar surface area (TPSA) is 38.5 Å². The van der Waals surface area contributed by atoms with Gasteiger partial charge in [0.1, 0.15) is 5.75 Å². The van der Waals surface area contributed by atoms with E-state index in [9.17, 15) is 0 Å². The SMILES string of the molecule is CCCOc1cccc(N(C)C2CCC(C)CC2)c1N. The quantitative estimate of drug-likeness (QED) is 0.824. The fraction of sp³-hybridized carbons (Fsp3) is 0.647. The Bertz CT molecular complexity index is 425. The number of rotatable bonds is 5. The van der Waals surface area contributed by atoms with Gasteiger partial charge in [0.05, 0.1) is 18.0 Å². The van der Waals surface area contributed by atoms with Gasteiger partial charge < -0.3 is 15.4 Å². The third-order valence-corrected chi connectivity index (χ3v) is 4.42. The van der Waals surface area contributed by atoms with Crippen molar-refractivity contribution in [1.82, 2.24) is 0 Å². The summed E-state index contributed by atoms with van der Waals surface area (Å²) in [6.45, 7) is 5.18. The molecule has 1 aliphatic rings.